The van der Waals surface area contributed by atoms with E-state index in [0.29, 0.717) is 9.78 Å². The minimum atomic E-state index is -0.962. The highest BCUT2D eigenvalue weighted by Crippen LogP contribution is 2.41. The zero-order valence-electron chi connectivity index (χ0n) is 16.9. The number of carbonyl (C=O) groups excluding carboxylic acids is 3. The molecule has 4 aliphatic rings. The minimum absolute atomic E-state index is 0.0891. The molecule has 1 atom stereocenters. The maximum atomic E-state index is 13.2. The van der Waals surface area contributed by atoms with Gasteiger partial charge in [-0.25, -0.2) is 4.58 Å². The van der Waals surface area contributed by atoms with Crippen molar-refractivity contribution in [1.29, 1.82) is 0 Å². The molecule has 0 radical (unpaired) electrons. The van der Waals surface area contributed by atoms with Gasteiger partial charge in [0.25, 0.3) is 0 Å². The lowest BCUT2D eigenvalue weighted by molar-refractivity contribution is -0.534. The van der Waals surface area contributed by atoms with Gasteiger partial charge < -0.3 is 4.90 Å². The fourth-order valence-corrected chi connectivity index (χ4v) is 6.91. The Balaban J connectivity index is 1.41. The van der Waals surface area contributed by atoms with Crippen LogP contribution in [0.25, 0.3) is 0 Å². The van der Waals surface area contributed by atoms with Crippen LogP contribution in [0.4, 0.5) is 5.00 Å². The number of allylic oxidation sites excluding steroid dienone is 2. The lowest BCUT2D eigenvalue weighted by Crippen LogP contribution is -2.28. The molecule has 7 heteroatoms. The van der Waals surface area contributed by atoms with Crippen LogP contribution in [-0.4, -0.2) is 53.1 Å². The Kier molecular flexibility index (Phi) is 5.50. The molecule has 5 nitrogen and oxygen atoms in total. The summed E-state index contributed by atoms with van der Waals surface area (Å²) in [6.45, 7) is 4.04. The summed E-state index contributed by atoms with van der Waals surface area (Å²) in [6.07, 6.45) is 11.0. The topological polar surface area (TPSA) is 57.5 Å². The summed E-state index contributed by atoms with van der Waals surface area (Å²) in [5.41, 5.74) is 0.0891. The minimum Gasteiger partial charge on any atom is -0.363 e. The van der Waals surface area contributed by atoms with Crippen molar-refractivity contribution in [3.05, 3.63) is 39.6 Å². The van der Waals surface area contributed by atoms with E-state index in [2.05, 4.69) is 9.48 Å². The average Bonchev–Trinajstić information content (AvgIpc) is 3.49. The van der Waals surface area contributed by atoms with E-state index in [0.717, 1.165) is 36.2 Å². The number of thioether (sulfide) groups is 1. The zero-order chi connectivity index (χ0) is 20.7. The molecule has 0 aromatic carbocycles. The molecule has 4 heterocycles. The van der Waals surface area contributed by atoms with Gasteiger partial charge in [0.05, 0.1) is 10.6 Å². The summed E-state index contributed by atoms with van der Waals surface area (Å²) in [5.74, 6) is -2.49. The summed E-state index contributed by atoms with van der Waals surface area (Å²) in [4.78, 5) is 42.4. The molecule has 156 valence electrons. The van der Waals surface area contributed by atoms with E-state index in [-0.39, 0.29) is 11.4 Å². The second-order valence-corrected chi connectivity index (χ2v) is 10.4. The van der Waals surface area contributed by atoms with Gasteiger partial charge in [-0.3, -0.25) is 14.4 Å². The van der Waals surface area contributed by atoms with E-state index >= 15 is 0 Å². The highest BCUT2D eigenvalue weighted by atomic mass is 32.2. The zero-order valence-corrected chi connectivity index (χ0v) is 18.5. The fourth-order valence-electron chi connectivity index (χ4n) is 4.65. The van der Waals surface area contributed by atoms with Crippen LogP contribution < -0.4 is 4.90 Å². The summed E-state index contributed by atoms with van der Waals surface area (Å²) in [7, 11) is 0. The Morgan fingerprint density at radius 2 is 1.60 bits per heavy atom. The molecule has 1 saturated carbocycles. The predicted molar refractivity (Wildman–Crippen MR) is 121 cm³/mol. The van der Waals surface area contributed by atoms with Crippen LogP contribution in [0.3, 0.4) is 0 Å². The standard InChI is InChI=1S/C23H25N2O3S2/c26-21-19(15-7-9-17(29-15)24-11-3-1-4-12-24)22(27)23(28)20(21)16-8-10-18(30-16)25-13-5-2-6-14-25/h7-10,19H,1-6,11-14H2/q+1/b20-16-. The van der Waals surface area contributed by atoms with E-state index in [1.165, 1.54) is 61.6 Å². The van der Waals surface area contributed by atoms with E-state index in [1.54, 1.807) is 0 Å². The summed E-state index contributed by atoms with van der Waals surface area (Å²) in [5, 5.41) is 2.17. The molecule has 30 heavy (non-hydrogen) atoms. The van der Waals surface area contributed by atoms with Crippen molar-refractivity contribution < 1.29 is 19.0 Å². The number of thiophene rings is 1. The van der Waals surface area contributed by atoms with Gasteiger partial charge in [0.1, 0.15) is 19.0 Å². The van der Waals surface area contributed by atoms with Crippen LogP contribution in [0.1, 0.15) is 49.3 Å². The Morgan fingerprint density at radius 1 is 0.867 bits per heavy atom. The van der Waals surface area contributed by atoms with Crippen LogP contribution in [0.5, 0.6) is 0 Å². The molecule has 1 unspecified atom stereocenters. The number of ketones is 3. The van der Waals surface area contributed by atoms with Gasteiger partial charge in [-0.2, -0.15) is 0 Å². The van der Waals surface area contributed by atoms with E-state index in [4.69, 9.17) is 0 Å². The van der Waals surface area contributed by atoms with Crippen molar-refractivity contribution in [3.63, 3.8) is 0 Å². The number of carbonyl (C=O) groups is 3. The van der Waals surface area contributed by atoms with Gasteiger partial charge in [-0.05, 0) is 55.7 Å². The first-order valence-electron chi connectivity index (χ1n) is 10.8. The van der Waals surface area contributed by atoms with E-state index in [1.807, 2.05) is 24.3 Å². The molecule has 5 rings (SSSR count). The van der Waals surface area contributed by atoms with Crippen molar-refractivity contribution in [2.24, 2.45) is 0 Å². The van der Waals surface area contributed by atoms with Gasteiger partial charge in [0, 0.05) is 41.8 Å². The molecule has 3 aliphatic heterocycles. The summed E-state index contributed by atoms with van der Waals surface area (Å²) < 4.78 is 2.31. The monoisotopic (exact) mass is 441 g/mol. The molecule has 0 amide bonds. The van der Waals surface area contributed by atoms with Gasteiger partial charge in [-0.1, -0.05) is 0 Å². The van der Waals surface area contributed by atoms with Gasteiger partial charge >= 0.3 is 0 Å². The van der Waals surface area contributed by atoms with E-state index < -0.39 is 17.5 Å². The van der Waals surface area contributed by atoms with Crippen LogP contribution in [0.2, 0.25) is 0 Å². The largest absolute Gasteiger partial charge is 0.363 e. The van der Waals surface area contributed by atoms with Gasteiger partial charge in [-0.15, -0.1) is 11.3 Å². The van der Waals surface area contributed by atoms with Gasteiger partial charge in [0.15, 0.2) is 5.78 Å². The number of anilines is 1. The first kappa shape index (κ1) is 19.9. The number of piperidine rings is 2. The average molecular weight is 442 g/mol. The van der Waals surface area contributed by atoms with Crippen molar-refractivity contribution in [2.75, 3.05) is 31.1 Å². The molecule has 0 N–H and O–H groups in total. The highest BCUT2D eigenvalue weighted by molar-refractivity contribution is 8.18. The quantitative estimate of drug-likeness (QED) is 0.230. The Hall–Kier alpha value is -1.99. The molecule has 2 saturated heterocycles. The molecule has 1 aromatic heterocycles. The van der Waals surface area contributed by atoms with E-state index in [9.17, 15) is 14.4 Å². The third-order valence-corrected chi connectivity index (χ3v) is 8.67. The lowest BCUT2D eigenvalue weighted by Gasteiger charge is -2.27. The molecule has 1 aromatic rings. The van der Waals surface area contributed by atoms with Crippen LogP contribution in [-0.2, 0) is 14.4 Å². The number of hydrogen-bond acceptors (Lipinski definition) is 6. The molecule has 0 bridgehead atoms. The predicted octanol–water partition coefficient (Wildman–Crippen LogP) is 3.69. The number of nitrogens with zero attached hydrogens (tertiary/aromatic N) is 2. The molecule has 1 aliphatic carbocycles. The normalized spacial score (nSPS) is 27.7. The smallest absolute Gasteiger partial charge is 0.239 e. The second kappa shape index (κ2) is 8.27. The van der Waals surface area contributed by atoms with Crippen molar-refractivity contribution in [1.82, 2.24) is 0 Å². The summed E-state index contributed by atoms with van der Waals surface area (Å²) >= 11 is 2.95. The fraction of sp³-hybridized carbons (Fsp3) is 0.478. The Morgan fingerprint density at radius 3 is 2.37 bits per heavy atom. The van der Waals surface area contributed by atoms with Crippen LogP contribution in [0, 0.1) is 0 Å². The number of hydrogen-bond donors (Lipinski definition) is 0. The first-order valence-corrected chi connectivity index (χ1v) is 12.5. The van der Waals surface area contributed by atoms with Crippen LogP contribution in [0.15, 0.2) is 34.8 Å². The molecular formula is C23H25N2O3S2+. The third-order valence-electron chi connectivity index (χ3n) is 6.29. The van der Waals surface area contributed by atoms with Crippen LogP contribution >= 0.6 is 23.1 Å². The summed E-state index contributed by atoms with van der Waals surface area (Å²) in [6, 6.07) is 3.85. The Labute approximate surface area is 184 Å². The maximum absolute atomic E-state index is 13.2. The SMILES string of the molecule is O=C1C(=O)C(c2ccc(N3CCCCC3)s2)C(=O)/C1=C1\C=CC(=[N+]2CCCCC2)S1. The maximum Gasteiger partial charge on any atom is 0.239 e. The Bertz CT molecular complexity index is 1000. The van der Waals surface area contributed by atoms with Crippen molar-refractivity contribution >= 4 is 50.5 Å². The third kappa shape index (κ3) is 3.52. The molecular weight excluding hydrogens is 416 g/mol. The second-order valence-electron chi connectivity index (χ2n) is 8.27. The highest BCUT2D eigenvalue weighted by Gasteiger charge is 2.48. The molecule has 3 fully saturated rings. The number of rotatable bonds is 2. The van der Waals surface area contributed by atoms with Gasteiger partial charge in [0.2, 0.25) is 16.6 Å². The van der Waals surface area contributed by atoms with Crippen molar-refractivity contribution in [2.45, 2.75) is 44.4 Å². The molecule has 0 spiro atoms. The van der Waals surface area contributed by atoms with Crippen molar-refractivity contribution in [3.8, 4) is 0 Å². The lowest BCUT2D eigenvalue weighted by atomic mass is 10.0. The first-order chi connectivity index (χ1) is 14.6. The number of Topliss-reactive ketones (excluding diaryl/α,β-unsaturated/α-hetero) is 3.